The highest BCUT2D eigenvalue weighted by molar-refractivity contribution is 6.12. The number of benzene rings is 3. The standard InChI is InChI=1S/C23H19NO2/c1-15-8-11-17(12-9-15)21-19-14-16(2)10-13-20(19)26-22(21)23(25)24-18-6-4-3-5-7-18/h3-14H,1-2H3,(H,24,25). The molecule has 0 spiro atoms. The topological polar surface area (TPSA) is 42.2 Å². The average Bonchev–Trinajstić information content (AvgIpc) is 3.02. The van der Waals surface area contributed by atoms with Gasteiger partial charge in [0.2, 0.25) is 5.76 Å². The maximum Gasteiger partial charge on any atom is 0.292 e. The van der Waals surface area contributed by atoms with Crippen LogP contribution in [0.1, 0.15) is 21.7 Å². The lowest BCUT2D eigenvalue weighted by Gasteiger charge is -2.06. The van der Waals surface area contributed by atoms with Gasteiger partial charge in [0.25, 0.3) is 5.91 Å². The van der Waals surface area contributed by atoms with Gasteiger partial charge < -0.3 is 9.73 Å². The van der Waals surface area contributed by atoms with Gasteiger partial charge in [-0.05, 0) is 43.7 Å². The molecule has 3 aromatic carbocycles. The fourth-order valence-corrected chi connectivity index (χ4v) is 3.09. The Bertz CT molecular complexity index is 1080. The minimum absolute atomic E-state index is 0.249. The van der Waals surface area contributed by atoms with Gasteiger partial charge in [0.1, 0.15) is 5.58 Å². The first-order valence-electron chi connectivity index (χ1n) is 8.58. The van der Waals surface area contributed by atoms with Crippen LogP contribution in [0.4, 0.5) is 5.69 Å². The predicted molar refractivity (Wildman–Crippen MR) is 106 cm³/mol. The van der Waals surface area contributed by atoms with Crippen LogP contribution < -0.4 is 5.32 Å². The minimum atomic E-state index is -0.249. The molecule has 0 radical (unpaired) electrons. The molecule has 1 amide bonds. The first-order chi connectivity index (χ1) is 12.6. The molecule has 3 nitrogen and oxygen atoms in total. The summed E-state index contributed by atoms with van der Waals surface area (Å²) in [7, 11) is 0. The van der Waals surface area contributed by atoms with Gasteiger partial charge in [0.15, 0.2) is 0 Å². The van der Waals surface area contributed by atoms with E-state index in [0.717, 1.165) is 27.8 Å². The smallest absolute Gasteiger partial charge is 0.292 e. The zero-order valence-electron chi connectivity index (χ0n) is 14.7. The Labute approximate surface area is 152 Å². The molecule has 0 unspecified atom stereocenters. The summed E-state index contributed by atoms with van der Waals surface area (Å²) in [6.45, 7) is 4.08. The van der Waals surface area contributed by atoms with Crippen molar-refractivity contribution in [2.45, 2.75) is 13.8 Å². The second-order valence-electron chi connectivity index (χ2n) is 6.49. The predicted octanol–water partition coefficient (Wildman–Crippen LogP) is 5.97. The molecule has 0 bridgehead atoms. The molecule has 1 aromatic heterocycles. The van der Waals surface area contributed by atoms with Gasteiger partial charge >= 0.3 is 0 Å². The first kappa shape index (κ1) is 16.2. The van der Waals surface area contributed by atoms with Crippen molar-refractivity contribution in [1.82, 2.24) is 0 Å². The van der Waals surface area contributed by atoms with E-state index in [-0.39, 0.29) is 5.91 Å². The molecule has 4 rings (SSSR count). The number of para-hydroxylation sites is 1. The molecule has 0 aliphatic heterocycles. The first-order valence-corrected chi connectivity index (χ1v) is 8.58. The Kier molecular flexibility index (Phi) is 4.05. The SMILES string of the molecule is Cc1ccc(-c2c(C(=O)Nc3ccccc3)oc3ccc(C)cc23)cc1. The number of nitrogens with one attached hydrogen (secondary N) is 1. The number of hydrogen-bond acceptors (Lipinski definition) is 2. The summed E-state index contributed by atoms with van der Waals surface area (Å²) in [6, 6.07) is 23.5. The highest BCUT2D eigenvalue weighted by atomic mass is 16.3. The number of fused-ring (bicyclic) bond motifs is 1. The van der Waals surface area contributed by atoms with Crippen LogP contribution >= 0.6 is 0 Å². The van der Waals surface area contributed by atoms with E-state index in [0.29, 0.717) is 11.3 Å². The number of furan rings is 1. The number of hydrogen-bond donors (Lipinski definition) is 1. The lowest BCUT2D eigenvalue weighted by molar-refractivity contribution is 0.0999. The highest BCUT2D eigenvalue weighted by Crippen LogP contribution is 2.36. The van der Waals surface area contributed by atoms with Gasteiger partial charge in [-0.15, -0.1) is 0 Å². The van der Waals surface area contributed by atoms with E-state index in [1.54, 1.807) is 0 Å². The lowest BCUT2D eigenvalue weighted by Crippen LogP contribution is -2.11. The molecular weight excluding hydrogens is 322 g/mol. The van der Waals surface area contributed by atoms with Crippen LogP contribution in [0.5, 0.6) is 0 Å². The Morgan fingerprint density at radius 2 is 1.54 bits per heavy atom. The van der Waals surface area contributed by atoms with E-state index in [2.05, 4.69) is 11.4 Å². The van der Waals surface area contributed by atoms with E-state index in [9.17, 15) is 4.79 Å². The van der Waals surface area contributed by atoms with E-state index in [1.165, 1.54) is 5.56 Å². The van der Waals surface area contributed by atoms with Crippen molar-refractivity contribution in [3.05, 3.63) is 89.7 Å². The second-order valence-corrected chi connectivity index (χ2v) is 6.49. The van der Waals surface area contributed by atoms with Crippen LogP contribution in [-0.4, -0.2) is 5.91 Å². The molecule has 4 aromatic rings. The molecule has 0 saturated heterocycles. The average molecular weight is 341 g/mol. The van der Waals surface area contributed by atoms with Gasteiger partial charge in [-0.3, -0.25) is 4.79 Å². The van der Waals surface area contributed by atoms with Crippen molar-refractivity contribution in [2.24, 2.45) is 0 Å². The number of carbonyl (C=O) groups excluding carboxylic acids is 1. The third-order valence-corrected chi connectivity index (χ3v) is 4.42. The summed E-state index contributed by atoms with van der Waals surface area (Å²) in [5, 5.41) is 3.87. The van der Waals surface area contributed by atoms with Crippen molar-refractivity contribution >= 4 is 22.6 Å². The summed E-state index contributed by atoms with van der Waals surface area (Å²) in [6.07, 6.45) is 0. The van der Waals surface area contributed by atoms with Gasteiger partial charge in [-0.25, -0.2) is 0 Å². The summed E-state index contributed by atoms with van der Waals surface area (Å²) in [5.74, 6) is 0.0823. The molecular formula is C23H19NO2. The van der Waals surface area contributed by atoms with Crippen LogP contribution in [-0.2, 0) is 0 Å². The Morgan fingerprint density at radius 1 is 0.846 bits per heavy atom. The van der Waals surface area contributed by atoms with Gasteiger partial charge in [0.05, 0.1) is 0 Å². The fraction of sp³-hybridized carbons (Fsp3) is 0.0870. The highest BCUT2D eigenvalue weighted by Gasteiger charge is 2.22. The molecule has 0 atom stereocenters. The van der Waals surface area contributed by atoms with Crippen molar-refractivity contribution in [3.63, 3.8) is 0 Å². The third kappa shape index (κ3) is 3.00. The normalized spacial score (nSPS) is 10.8. The summed E-state index contributed by atoms with van der Waals surface area (Å²) < 4.78 is 5.96. The van der Waals surface area contributed by atoms with Crippen molar-refractivity contribution in [2.75, 3.05) is 5.32 Å². The molecule has 3 heteroatoms. The maximum absolute atomic E-state index is 12.9. The molecule has 128 valence electrons. The second kappa shape index (κ2) is 6.52. The van der Waals surface area contributed by atoms with E-state index >= 15 is 0 Å². The minimum Gasteiger partial charge on any atom is -0.450 e. The fourth-order valence-electron chi connectivity index (χ4n) is 3.09. The number of anilines is 1. The Hall–Kier alpha value is -3.33. The summed E-state index contributed by atoms with van der Waals surface area (Å²) in [5.41, 5.74) is 5.55. The number of amides is 1. The lowest BCUT2D eigenvalue weighted by atomic mass is 9.99. The molecule has 0 fully saturated rings. The Morgan fingerprint density at radius 3 is 2.27 bits per heavy atom. The van der Waals surface area contributed by atoms with E-state index < -0.39 is 0 Å². The number of carbonyl (C=O) groups is 1. The number of aryl methyl sites for hydroxylation is 2. The van der Waals surface area contributed by atoms with Crippen molar-refractivity contribution in [3.8, 4) is 11.1 Å². The van der Waals surface area contributed by atoms with Crippen molar-refractivity contribution in [1.29, 1.82) is 0 Å². The van der Waals surface area contributed by atoms with Crippen LogP contribution in [0.25, 0.3) is 22.1 Å². The van der Waals surface area contributed by atoms with Crippen LogP contribution in [0.15, 0.2) is 77.2 Å². The zero-order valence-corrected chi connectivity index (χ0v) is 14.7. The van der Waals surface area contributed by atoms with Crippen LogP contribution in [0.2, 0.25) is 0 Å². The van der Waals surface area contributed by atoms with Gasteiger partial charge in [-0.2, -0.15) is 0 Å². The summed E-state index contributed by atoms with van der Waals surface area (Å²) in [4.78, 5) is 12.9. The van der Waals surface area contributed by atoms with Crippen LogP contribution in [0, 0.1) is 13.8 Å². The monoisotopic (exact) mass is 341 g/mol. The van der Waals surface area contributed by atoms with E-state index in [4.69, 9.17) is 4.42 Å². The van der Waals surface area contributed by atoms with Crippen LogP contribution in [0.3, 0.4) is 0 Å². The molecule has 26 heavy (non-hydrogen) atoms. The molecule has 1 heterocycles. The van der Waals surface area contributed by atoms with E-state index in [1.807, 2.05) is 80.6 Å². The molecule has 0 aliphatic carbocycles. The van der Waals surface area contributed by atoms with Gasteiger partial charge in [-0.1, -0.05) is 59.7 Å². The zero-order chi connectivity index (χ0) is 18.1. The largest absolute Gasteiger partial charge is 0.450 e. The summed E-state index contributed by atoms with van der Waals surface area (Å²) >= 11 is 0. The number of rotatable bonds is 3. The molecule has 0 aliphatic rings. The van der Waals surface area contributed by atoms with Crippen molar-refractivity contribution < 1.29 is 9.21 Å². The third-order valence-electron chi connectivity index (χ3n) is 4.42. The molecule has 1 N–H and O–H groups in total. The Balaban J connectivity index is 1.87. The quantitative estimate of drug-likeness (QED) is 0.499. The maximum atomic E-state index is 12.9. The molecule has 0 saturated carbocycles. The van der Waals surface area contributed by atoms with Gasteiger partial charge in [0, 0.05) is 16.6 Å².